The van der Waals surface area contributed by atoms with E-state index < -0.39 is 0 Å². The van der Waals surface area contributed by atoms with E-state index in [2.05, 4.69) is 15.9 Å². The molecule has 0 saturated heterocycles. The second-order valence-electron chi connectivity index (χ2n) is 2.70. The molecule has 0 atom stereocenters. The molecule has 0 aliphatic rings. The Morgan fingerprint density at radius 2 is 2.36 bits per heavy atom. The van der Waals surface area contributed by atoms with Gasteiger partial charge in [0.25, 0.3) is 0 Å². The van der Waals surface area contributed by atoms with Crippen molar-refractivity contribution in [2.75, 3.05) is 6.61 Å². The summed E-state index contributed by atoms with van der Waals surface area (Å²) in [6, 6.07) is 5.25. The lowest BCUT2D eigenvalue weighted by molar-refractivity contribution is 0.112. The third kappa shape index (κ3) is 2.33. The van der Waals surface area contributed by atoms with Gasteiger partial charge in [-0.2, -0.15) is 5.26 Å². The van der Waals surface area contributed by atoms with Crippen LogP contribution in [0.25, 0.3) is 0 Å². The number of nitrogens with zero attached hydrogens (tertiary/aromatic N) is 1. The Morgan fingerprint density at radius 3 is 2.93 bits per heavy atom. The van der Waals surface area contributed by atoms with Crippen LogP contribution in [0.15, 0.2) is 16.6 Å². The molecule has 0 fully saturated rings. The Bertz CT molecular complexity index is 396. The Kier molecular flexibility index (Phi) is 3.66. The van der Waals surface area contributed by atoms with Crippen LogP contribution in [0, 0.1) is 18.3 Å². The van der Waals surface area contributed by atoms with Crippen molar-refractivity contribution in [2.45, 2.75) is 6.92 Å². The van der Waals surface area contributed by atoms with Gasteiger partial charge in [-0.15, -0.1) is 0 Å². The predicted octanol–water partition coefficient (Wildman–Crippen LogP) is 2.47. The van der Waals surface area contributed by atoms with Crippen LogP contribution in [-0.4, -0.2) is 12.9 Å². The number of aryl methyl sites for hydroxylation is 1. The van der Waals surface area contributed by atoms with Crippen LogP contribution in [0.5, 0.6) is 5.75 Å². The van der Waals surface area contributed by atoms with Gasteiger partial charge in [-0.25, -0.2) is 0 Å². The third-order valence-electron chi connectivity index (χ3n) is 1.71. The molecular formula is C10H8BrNO2. The van der Waals surface area contributed by atoms with E-state index in [-0.39, 0.29) is 6.61 Å². The Labute approximate surface area is 90.4 Å². The summed E-state index contributed by atoms with van der Waals surface area (Å²) in [7, 11) is 0. The minimum atomic E-state index is -0.0592. The maximum absolute atomic E-state index is 10.7. The number of rotatable bonds is 3. The second kappa shape index (κ2) is 4.77. The summed E-state index contributed by atoms with van der Waals surface area (Å²) in [4.78, 5) is 10.7. The molecule has 0 heterocycles. The van der Waals surface area contributed by atoms with Gasteiger partial charge in [0.1, 0.15) is 11.8 Å². The highest BCUT2D eigenvalue weighted by molar-refractivity contribution is 9.10. The van der Waals surface area contributed by atoms with Crippen molar-refractivity contribution in [3.05, 3.63) is 27.7 Å². The lowest BCUT2D eigenvalue weighted by atomic mass is 10.1. The van der Waals surface area contributed by atoms with Gasteiger partial charge in [-0.05, 0) is 24.6 Å². The van der Waals surface area contributed by atoms with Crippen LogP contribution >= 0.6 is 15.9 Å². The SMILES string of the molecule is Cc1cc(C=O)c(OCC#N)cc1Br. The summed E-state index contributed by atoms with van der Waals surface area (Å²) in [5.41, 5.74) is 1.41. The molecule has 0 aromatic heterocycles. The molecule has 0 unspecified atom stereocenters. The summed E-state index contributed by atoms with van der Waals surface area (Å²) < 4.78 is 5.95. The maximum Gasteiger partial charge on any atom is 0.174 e. The fourth-order valence-corrected chi connectivity index (χ4v) is 1.34. The summed E-state index contributed by atoms with van der Waals surface area (Å²) in [5, 5.41) is 8.34. The fourth-order valence-electron chi connectivity index (χ4n) is 1.01. The molecule has 0 radical (unpaired) electrons. The molecule has 0 saturated carbocycles. The molecule has 14 heavy (non-hydrogen) atoms. The van der Waals surface area contributed by atoms with E-state index in [1.54, 1.807) is 12.1 Å². The van der Waals surface area contributed by atoms with Crippen molar-refractivity contribution in [2.24, 2.45) is 0 Å². The summed E-state index contributed by atoms with van der Waals surface area (Å²) in [5.74, 6) is 0.430. The van der Waals surface area contributed by atoms with Crippen molar-refractivity contribution in [3.63, 3.8) is 0 Å². The number of benzene rings is 1. The number of halogens is 1. The third-order valence-corrected chi connectivity index (χ3v) is 2.56. The predicted molar refractivity (Wildman–Crippen MR) is 55.4 cm³/mol. The van der Waals surface area contributed by atoms with Crippen LogP contribution in [0.3, 0.4) is 0 Å². The van der Waals surface area contributed by atoms with E-state index in [4.69, 9.17) is 10.00 Å². The standard InChI is InChI=1S/C10H8BrNO2/c1-7-4-8(6-13)10(5-9(7)11)14-3-2-12/h4-6H,3H2,1H3. The molecule has 0 N–H and O–H groups in total. The zero-order valence-corrected chi connectivity index (χ0v) is 9.17. The minimum Gasteiger partial charge on any atom is -0.478 e. The number of nitriles is 1. The van der Waals surface area contributed by atoms with E-state index in [1.165, 1.54) is 0 Å². The van der Waals surface area contributed by atoms with Crippen molar-refractivity contribution in [1.29, 1.82) is 5.26 Å². The first-order valence-corrected chi connectivity index (χ1v) is 4.73. The highest BCUT2D eigenvalue weighted by Crippen LogP contribution is 2.26. The molecule has 0 aliphatic carbocycles. The Balaban J connectivity index is 3.08. The van der Waals surface area contributed by atoms with Crippen LogP contribution in [-0.2, 0) is 0 Å². The number of hydrogen-bond acceptors (Lipinski definition) is 3. The molecule has 1 aromatic rings. The highest BCUT2D eigenvalue weighted by atomic mass is 79.9. The van der Waals surface area contributed by atoms with Crippen LogP contribution in [0.2, 0.25) is 0 Å². The van der Waals surface area contributed by atoms with E-state index in [9.17, 15) is 4.79 Å². The largest absolute Gasteiger partial charge is 0.478 e. The second-order valence-corrected chi connectivity index (χ2v) is 3.56. The molecule has 0 spiro atoms. The smallest absolute Gasteiger partial charge is 0.174 e. The zero-order chi connectivity index (χ0) is 10.6. The monoisotopic (exact) mass is 253 g/mol. The highest BCUT2D eigenvalue weighted by Gasteiger charge is 2.06. The van der Waals surface area contributed by atoms with E-state index in [1.807, 2.05) is 13.0 Å². The molecular weight excluding hydrogens is 246 g/mol. The number of aldehydes is 1. The summed E-state index contributed by atoms with van der Waals surface area (Å²) >= 11 is 3.32. The fraction of sp³-hybridized carbons (Fsp3) is 0.200. The minimum absolute atomic E-state index is 0.0592. The maximum atomic E-state index is 10.7. The Morgan fingerprint density at radius 1 is 1.64 bits per heavy atom. The first kappa shape index (κ1) is 10.7. The summed E-state index contributed by atoms with van der Waals surface area (Å²) in [6.45, 7) is 1.82. The van der Waals surface area contributed by atoms with Gasteiger partial charge in [0.15, 0.2) is 12.9 Å². The number of ether oxygens (including phenoxy) is 1. The topological polar surface area (TPSA) is 50.1 Å². The molecule has 4 heteroatoms. The van der Waals surface area contributed by atoms with Gasteiger partial charge >= 0.3 is 0 Å². The first-order chi connectivity index (χ1) is 6.69. The first-order valence-electron chi connectivity index (χ1n) is 3.94. The van der Waals surface area contributed by atoms with Crippen molar-refractivity contribution in [3.8, 4) is 11.8 Å². The molecule has 72 valence electrons. The lowest BCUT2D eigenvalue weighted by Gasteiger charge is -2.07. The van der Waals surface area contributed by atoms with Gasteiger partial charge in [0.05, 0.1) is 5.56 Å². The molecule has 0 aliphatic heterocycles. The van der Waals surface area contributed by atoms with E-state index in [0.29, 0.717) is 17.6 Å². The normalized spacial score (nSPS) is 9.21. The van der Waals surface area contributed by atoms with Gasteiger partial charge in [0.2, 0.25) is 0 Å². The zero-order valence-electron chi connectivity index (χ0n) is 7.58. The van der Waals surface area contributed by atoms with Crippen molar-refractivity contribution >= 4 is 22.2 Å². The van der Waals surface area contributed by atoms with E-state index in [0.717, 1.165) is 10.0 Å². The molecule has 1 rings (SSSR count). The quantitative estimate of drug-likeness (QED) is 0.778. The van der Waals surface area contributed by atoms with Crippen LogP contribution < -0.4 is 4.74 Å². The molecule has 0 amide bonds. The van der Waals surface area contributed by atoms with E-state index >= 15 is 0 Å². The lowest BCUT2D eigenvalue weighted by Crippen LogP contribution is -1.98. The van der Waals surface area contributed by atoms with Crippen LogP contribution in [0.4, 0.5) is 0 Å². The van der Waals surface area contributed by atoms with Gasteiger partial charge in [0, 0.05) is 4.47 Å². The molecule has 3 nitrogen and oxygen atoms in total. The van der Waals surface area contributed by atoms with Crippen molar-refractivity contribution in [1.82, 2.24) is 0 Å². The average molecular weight is 254 g/mol. The summed E-state index contributed by atoms with van der Waals surface area (Å²) in [6.07, 6.45) is 0.714. The van der Waals surface area contributed by atoms with Gasteiger partial charge in [-0.3, -0.25) is 4.79 Å². The molecule has 0 bridgehead atoms. The van der Waals surface area contributed by atoms with Gasteiger partial charge in [-0.1, -0.05) is 15.9 Å². The van der Waals surface area contributed by atoms with Crippen LogP contribution in [0.1, 0.15) is 15.9 Å². The average Bonchev–Trinajstić information content (AvgIpc) is 2.19. The molecule has 1 aromatic carbocycles. The Hall–Kier alpha value is -1.34. The number of hydrogen-bond donors (Lipinski definition) is 0. The number of carbonyl (C=O) groups excluding carboxylic acids is 1. The number of carbonyl (C=O) groups is 1. The van der Waals surface area contributed by atoms with Gasteiger partial charge < -0.3 is 4.74 Å². The van der Waals surface area contributed by atoms with Crippen molar-refractivity contribution < 1.29 is 9.53 Å².